The van der Waals surface area contributed by atoms with Crippen molar-refractivity contribution in [2.75, 3.05) is 12.4 Å². The summed E-state index contributed by atoms with van der Waals surface area (Å²) in [4.78, 5) is 12.5. The van der Waals surface area contributed by atoms with Crippen molar-refractivity contribution in [1.82, 2.24) is 0 Å². The number of benzene rings is 3. The van der Waals surface area contributed by atoms with Gasteiger partial charge in [0.1, 0.15) is 18.2 Å². The molecule has 0 aromatic heterocycles. The Hall–Kier alpha value is -3.31. The van der Waals surface area contributed by atoms with Gasteiger partial charge in [0.2, 0.25) is 0 Å². The van der Waals surface area contributed by atoms with Gasteiger partial charge in [-0.15, -0.1) is 0 Å². The molecular weight excluding hydrogens is 503 g/mol. The van der Waals surface area contributed by atoms with Crippen molar-refractivity contribution >= 4 is 40.3 Å². The van der Waals surface area contributed by atoms with Crippen LogP contribution in [-0.2, 0) is 11.4 Å². The summed E-state index contributed by atoms with van der Waals surface area (Å²) in [5.41, 5.74) is 3.54. The summed E-state index contributed by atoms with van der Waals surface area (Å²) in [6.45, 7) is 2.45. The summed E-state index contributed by atoms with van der Waals surface area (Å²) in [7, 11) is 1.56. The third kappa shape index (κ3) is 6.09. The number of carbonyl (C=O) groups is 1. The molecule has 0 aliphatic rings. The van der Waals surface area contributed by atoms with Crippen molar-refractivity contribution in [1.29, 1.82) is 5.26 Å². The van der Waals surface area contributed by atoms with E-state index in [4.69, 9.17) is 9.47 Å². The van der Waals surface area contributed by atoms with E-state index < -0.39 is 5.91 Å². The molecule has 0 bridgehead atoms. The van der Waals surface area contributed by atoms with Crippen molar-refractivity contribution in [3.8, 4) is 17.6 Å². The van der Waals surface area contributed by atoms with E-state index in [0.29, 0.717) is 29.4 Å². The number of nitriles is 1. The summed E-state index contributed by atoms with van der Waals surface area (Å²) in [5, 5.41) is 12.2. The predicted octanol–water partition coefficient (Wildman–Crippen LogP) is 5.73. The molecule has 0 radical (unpaired) electrons. The number of nitrogens with one attached hydrogen (secondary N) is 1. The molecule has 156 valence electrons. The first kappa shape index (κ1) is 22.4. The van der Waals surface area contributed by atoms with Gasteiger partial charge in [0, 0.05) is 5.69 Å². The molecule has 0 spiro atoms. The van der Waals surface area contributed by atoms with Gasteiger partial charge >= 0.3 is 0 Å². The van der Waals surface area contributed by atoms with E-state index in [1.807, 2.05) is 61.5 Å². The Morgan fingerprint density at radius 2 is 1.84 bits per heavy atom. The van der Waals surface area contributed by atoms with Gasteiger partial charge in [-0.3, -0.25) is 4.79 Å². The summed E-state index contributed by atoms with van der Waals surface area (Å²) in [6, 6.07) is 22.7. The van der Waals surface area contributed by atoms with E-state index in [-0.39, 0.29) is 5.57 Å². The number of ether oxygens (including phenoxy) is 2. The highest BCUT2D eigenvalue weighted by Gasteiger charge is 2.14. The summed E-state index contributed by atoms with van der Waals surface area (Å²) < 4.78 is 12.3. The molecular formula is C25H21IN2O3. The van der Waals surface area contributed by atoms with Crippen LogP contribution in [-0.4, -0.2) is 13.0 Å². The van der Waals surface area contributed by atoms with Gasteiger partial charge in [0.05, 0.1) is 10.7 Å². The van der Waals surface area contributed by atoms with E-state index in [1.54, 1.807) is 25.3 Å². The van der Waals surface area contributed by atoms with Gasteiger partial charge in [-0.25, -0.2) is 0 Å². The monoisotopic (exact) mass is 524 g/mol. The Bertz CT molecular complexity index is 1130. The van der Waals surface area contributed by atoms with Crippen LogP contribution in [0.1, 0.15) is 16.7 Å². The van der Waals surface area contributed by atoms with Crippen molar-refractivity contribution in [3.05, 3.63) is 92.6 Å². The second-order valence-corrected chi connectivity index (χ2v) is 7.96. The van der Waals surface area contributed by atoms with Crippen molar-refractivity contribution in [3.63, 3.8) is 0 Å². The topological polar surface area (TPSA) is 71.3 Å². The highest BCUT2D eigenvalue weighted by atomic mass is 127. The first-order valence-electron chi connectivity index (χ1n) is 9.54. The number of methoxy groups -OCH3 is 1. The maximum atomic E-state index is 12.5. The average molecular weight is 524 g/mol. The lowest BCUT2D eigenvalue weighted by Gasteiger charge is -2.14. The van der Waals surface area contributed by atoms with Gasteiger partial charge in [0.25, 0.3) is 5.91 Å². The second-order valence-electron chi connectivity index (χ2n) is 6.80. The van der Waals surface area contributed by atoms with Gasteiger partial charge < -0.3 is 14.8 Å². The van der Waals surface area contributed by atoms with Gasteiger partial charge in [-0.2, -0.15) is 5.26 Å². The van der Waals surface area contributed by atoms with Crippen molar-refractivity contribution in [2.24, 2.45) is 0 Å². The molecule has 1 N–H and O–H groups in total. The quantitative estimate of drug-likeness (QED) is 0.244. The number of nitrogens with zero attached hydrogens (tertiary/aromatic N) is 1. The van der Waals surface area contributed by atoms with Crippen LogP contribution in [0.25, 0.3) is 6.08 Å². The van der Waals surface area contributed by atoms with Crippen LogP contribution in [0.5, 0.6) is 11.5 Å². The smallest absolute Gasteiger partial charge is 0.266 e. The fraction of sp³-hybridized carbons (Fsp3) is 0.120. The Morgan fingerprint density at radius 1 is 1.13 bits per heavy atom. The minimum Gasteiger partial charge on any atom is -0.493 e. The number of amides is 1. The summed E-state index contributed by atoms with van der Waals surface area (Å²) in [6.07, 6.45) is 1.53. The molecule has 0 fully saturated rings. The summed E-state index contributed by atoms with van der Waals surface area (Å²) >= 11 is 2.16. The highest BCUT2D eigenvalue weighted by molar-refractivity contribution is 14.1. The molecule has 6 heteroatoms. The average Bonchev–Trinajstić information content (AvgIpc) is 2.78. The van der Waals surface area contributed by atoms with Crippen LogP contribution in [0.3, 0.4) is 0 Å². The van der Waals surface area contributed by atoms with Crippen LogP contribution in [0, 0.1) is 21.8 Å². The molecule has 3 aromatic rings. The number of rotatable bonds is 7. The third-order valence-corrected chi connectivity index (χ3v) is 5.26. The summed E-state index contributed by atoms with van der Waals surface area (Å²) in [5.74, 6) is 0.682. The third-order valence-electron chi connectivity index (χ3n) is 4.46. The first-order chi connectivity index (χ1) is 15.0. The SMILES string of the molecule is COc1cc(/C=C(/C#N)C(=O)Nc2ccccc2)cc(I)c1OCc1ccc(C)cc1. The van der Waals surface area contributed by atoms with E-state index >= 15 is 0 Å². The molecule has 31 heavy (non-hydrogen) atoms. The maximum absolute atomic E-state index is 12.5. The van der Waals surface area contributed by atoms with E-state index in [9.17, 15) is 10.1 Å². The van der Waals surface area contributed by atoms with E-state index in [0.717, 1.165) is 9.13 Å². The normalized spacial score (nSPS) is 10.8. The number of aryl methyl sites for hydroxylation is 1. The fourth-order valence-electron chi connectivity index (χ4n) is 2.84. The molecule has 1 amide bonds. The number of carbonyl (C=O) groups excluding carboxylic acids is 1. The zero-order valence-electron chi connectivity index (χ0n) is 17.2. The number of hydrogen-bond donors (Lipinski definition) is 1. The van der Waals surface area contributed by atoms with Crippen LogP contribution >= 0.6 is 22.6 Å². The molecule has 3 rings (SSSR count). The number of para-hydroxylation sites is 1. The second kappa shape index (κ2) is 10.6. The van der Waals surface area contributed by atoms with E-state index in [2.05, 4.69) is 27.9 Å². The largest absolute Gasteiger partial charge is 0.493 e. The van der Waals surface area contributed by atoms with Crippen molar-refractivity contribution < 1.29 is 14.3 Å². The Morgan fingerprint density at radius 3 is 2.48 bits per heavy atom. The van der Waals surface area contributed by atoms with Crippen LogP contribution in [0.4, 0.5) is 5.69 Å². The number of halogens is 1. The Kier molecular flexibility index (Phi) is 7.68. The molecule has 0 atom stereocenters. The zero-order valence-corrected chi connectivity index (χ0v) is 19.3. The molecule has 0 unspecified atom stereocenters. The molecule has 0 aliphatic carbocycles. The highest BCUT2D eigenvalue weighted by Crippen LogP contribution is 2.35. The van der Waals surface area contributed by atoms with Gasteiger partial charge in [0.15, 0.2) is 11.5 Å². The molecule has 0 heterocycles. The Labute approximate surface area is 195 Å². The van der Waals surface area contributed by atoms with Crippen LogP contribution < -0.4 is 14.8 Å². The van der Waals surface area contributed by atoms with Gasteiger partial charge in [-0.1, -0.05) is 48.0 Å². The Balaban J connectivity index is 1.81. The number of hydrogen-bond acceptors (Lipinski definition) is 4. The van der Waals surface area contributed by atoms with E-state index in [1.165, 1.54) is 11.6 Å². The lowest BCUT2D eigenvalue weighted by molar-refractivity contribution is -0.112. The molecule has 0 saturated carbocycles. The zero-order chi connectivity index (χ0) is 22.2. The lowest BCUT2D eigenvalue weighted by Crippen LogP contribution is -2.13. The molecule has 5 nitrogen and oxygen atoms in total. The fourth-order valence-corrected chi connectivity index (χ4v) is 3.62. The molecule has 0 saturated heterocycles. The van der Waals surface area contributed by atoms with Crippen LogP contribution in [0.2, 0.25) is 0 Å². The number of anilines is 1. The molecule has 0 aliphatic heterocycles. The lowest BCUT2D eigenvalue weighted by atomic mass is 10.1. The van der Waals surface area contributed by atoms with Crippen LogP contribution in [0.15, 0.2) is 72.3 Å². The minimum atomic E-state index is -0.470. The van der Waals surface area contributed by atoms with Gasteiger partial charge in [-0.05, 0) is 71.0 Å². The maximum Gasteiger partial charge on any atom is 0.266 e. The standard InChI is InChI=1S/C25H21IN2O3/c1-17-8-10-18(11-9-17)16-31-24-22(26)13-19(14-23(24)30-2)12-20(15-27)25(29)28-21-6-4-3-5-7-21/h3-14H,16H2,1-2H3,(H,28,29)/b20-12-. The molecule has 3 aromatic carbocycles. The predicted molar refractivity (Wildman–Crippen MR) is 130 cm³/mol. The van der Waals surface area contributed by atoms with Crippen molar-refractivity contribution in [2.45, 2.75) is 13.5 Å². The minimum absolute atomic E-state index is 0.00460. The first-order valence-corrected chi connectivity index (χ1v) is 10.6.